The molecule has 1 aromatic heterocycles. The van der Waals surface area contributed by atoms with Gasteiger partial charge < -0.3 is 9.64 Å². The normalized spacial score (nSPS) is 10.9. The van der Waals surface area contributed by atoms with Crippen molar-refractivity contribution < 1.29 is 9.53 Å². The molecule has 0 atom stereocenters. The number of carbonyl (C=O) groups excluding carboxylic acids is 1. The largest absolute Gasteiger partial charge is 0.489 e. The third-order valence-corrected chi connectivity index (χ3v) is 5.46. The number of ether oxygens (including phenoxy) is 1. The Hall–Kier alpha value is -4.10. The second kappa shape index (κ2) is 10.7. The minimum absolute atomic E-state index is 0.303. The molecule has 34 heavy (non-hydrogen) atoms. The molecule has 0 unspecified atom stereocenters. The van der Waals surface area contributed by atoms with Gasteiger partial charge in [0, 0.05) is 35.9 Å². The van der Waals surface area contributed by atoms with E-state index in [2.05, 4.69) is 20.7 Å². The summed E-state index contributed by atoms with van der Waals surface area (Å²) in [5.74, 6) is 0.294. The molecule has 0 aliphatic heterocycles. The highest BCUT2D eigenvalue weighted by Gasteiger charge is 2.11. The van der Waals surface area contributed by atoms with Crippen LogP contribution in [0.3, 0.4) is 0 Å². The molecule has 4 aromatic rings. The van der Waals surface area contributed by atoms with Gasteiger partial charge in [0.05, 0.1) is 11.9 Å². The lowest BCUT2D eigenvalue weighted by Crippen LogP contribution is -2.18. The van der Waals surface area contributed by atoms with Crippen molar-refractivity contribution in [2.45, 2.75) is 6.61 Å². The second-order valence-electron chi connectivity index (χ2n) is 7.76. The molecular weight excluding hydrogens is 450 g/mol. The molecule has 0 radical (unpaired) electrons. The van der Waals surface area contributed by atoms with E-state index in [-0.39, 0.29) is 5.91 Å². The maximum Gasteiger partial charge on any atom is 0.289 e. The van der Waals surface area contributed by atoms with Gasteiger partial charge in [-0.25, -0.2) is 5.43 Å². The lowest BCUT2D eigenvalue weighted by molar-refractivity contribution is 0.0950. The van der Waals surface area contributed by atoms with Gasteiger partial charge in [-0.1, -0.05) is 54.1 Å². The molecule has 8 heteroatoms. The Morgan fingerprint density at radius 2 is 1.88 bits per heavy atom. The first-order valence-corrected chi connectivity index (χ1v) is 11.0. The lowest BCUT2D eigenvalue weighted by Gasteiger charge is -2.11. The molecule has 0 spiro atoms. The number of halogens is 1. The molecule has 1 amide bonds. The summed E-state index contributed by atoms with van der Waals surface area (Å²) in [6.45, 7) is 0.354. The van der Waals surface area contributed by atoms with Crippen LogP contribution in [-0.2, 0) is 6.61 Å². The summed E-state index contributed by atoms with van der Waals surface area (Å²) in [5, 5.41) is 11.7. The SMILES string of the molecule is CN(C)c1ccc(C=NNC(=O)c2cc(-c3cccc(OCc4ccccc4Cl)c3)n[nH]2)cc1. The predicted octanol–water partition coefficient (Wildman–Crippen LogP) is 5.14. The van der Waals surface area contributed by atoms with Crippen LogP contribution < -0.4 is 15.1 Å². The number of aromatic nitrogens is 2. The van der Waals surface area contributed by atoms with E-state index >= 15 is 0 Å². The number of nitrogens with one attached hydrogen (secondary N) is 2. The maximum absolute atomic E-state index is 12.4. The molecule has 0 aliphatic rings. The summed E-state index contributed by atoms with van der Waals surface area (Å²) in [5.41, 5.74) is 7.13. The van der Waals surface area contributed by atoms with Gasteiger partial charge in [-0.15, -0.1) is 0 Å². The zero-order chi connectivity index (χ0) is 23.9. The molecule has 0 aliphatic carbocycles. The van der Waals surface area contributed by atoms with Crippen molar-refractivity contribution >= 4 is 29.4 Å². The third-order valence-electron chi connectivity index (χ3n) is 5.09. The number of aromatic amines is 1. The monoisotopic (exact) mass is 473 g/mol. The minimum atomic E-state index is -0.383. The van der Waals surface area contributed by atoms with Gasteiger partial charge >= 0.3 is 0 Å². The molecule has 3 aromatic carbocycles. The molecule has 4 rings (SSSR count). The molecule has 0 bridgehead atoms. The van der Waals surface area contributed by atoms with Gasteiger partial charge in [-0.3, -0.25) is 9.89 Å². The summed E-state index contributed by atoms with van der Waals surface area (Å²) in [4.78, 5) is 14.5. The number of hydrogen-bond donors (Lipinski definition) is 2. The van der Waals surface area contributed by atoms with E-state index in [4.69, 9.17) is 16.3 Å². The smallest absolute Gasteiger partial charge is 0.289 e. The average molecular weight is 474 g/mol. The van der Waals surface area contributed by atoms with Crippen LogP contribution in [0.25, 0.3) is 11.3 Å². The van der Waals surface area contributed by atoms with Crippen LogP contribution in [0, 0.1) is 0 Å². The Morgan fingerprint density at radius 1 is 1.09 bits per heavy atom. The average Bonchev–Trinajstić information content (AvgIpc) is 3.35. The van der Waals surface area contributed by atoms with E-state index in [1.54, 1.807) is 12.3 Å². The fourth-order valence-electron chi connectivity index (χ4n) is 3.19. The number of hydrogen-bond acceptors (Lipinski definition) is 5. The molecule has 0 saturated carbocycles. The Labute approximate surface area is 203 Å². The fourth-order valence-corrected chi connectivity index (χ4v) is 3.38. The van der Waals surface area contributed by atoms with Crippen LogP contribution >= 0.6 is 11.6 Å². The Balaban J connectivity index is 1.37. The molecule has 172 valence electrons. The van der Waals surface area contributed by atoms with Crippen LogP contribution in [0.2, 0.25) is 5.02 Å². The van der Waals surface area contributed by atoms with Gasteiger partial charge in [0.1, 0.15) is 18.1 Å². The van der Waals surface area contributed by atoms with E-state index in [0.717, 1.165) is 22.4 Å². The zero-order valence-corrected chi connectivity index (χ0v) is 19.6. The summed E-state index contributed by atoms with van der Waals surface area (Å²) < 4.78 is 5.88. The summed E-state index contributed by atoms with van der Waals surface area (Å²) in [6.07, 6.45) is 1.59. The number of carbonyl (C=O) groups is 1. The van der Waals surface area contributed by atoms with Crippen LogP contribution in [-0.4, -0.2) is 36.4 Å². The first kappa shape index (κ1) is 23.1. The van der Waals surface area contributed by atoms with Crippen LogP contribution in [0.15, 0.2) is 84.0 Å². The van der Waals surface area contributed by atoms with E-state index in [1.165, 1.54) is 0 Å². The molecule has 0 fully saturated rings. The number of benzene rings is 3. The number of H-pyrrole nitrogens is 1. The first-order valence-electron chi connectivity index (χ1n) is 10.6. The van der Waals surface area contributed by atoms with Crippen LogP contribution in [0.1, 0.15) is 21.6 Å². The topological polar surface area (TPSA) is 82.6 Å². The molecular formula is C26H24ClN5O2. The highest BCUT2D eigenvalue weighted by atomic mass is 35.5. The highest BCUT2D eigenvalue weighted by molar-refractivity contribution is 6.31. The van der Waals surface area contributed by atoms with Crippen molar-refractivity contribution in [1.82, 2.24) is 15.6 Å². The van der Waals surface area contributed by atoms with Crippen molar-refractivity contribution in [3.05, 3.63) is 101 Å². The Morgan fingerprint density at radius 3 is 2.65 bits per heavy atom. The van der Waals surface area contributed by atoms with Gasteiger partial charge in [-0.05, 0) is 42.0 Å². The number of anilines is 1. The van der Waals surface area contributed by atoms with Crippen LogP contribution in [0.4, 0.5) is 5.69 Å². The quantitative estimate of drug-likeness (QED) is 0.274. The minimum Gasteiger partial charge on any atom is -0.489 e. The van der Waals surface area contributed by atoms with Crippen molar-refractivity contribution in [3.8, 4) is 17.0 Å². The molecule has 7 nitrogen and oxygen atoms in total. The lowest BCUT2D eigenvalue weighted by atomic mass is 10.1. The van der Waals surface area contributed by atoms with Gasteiger partial charge in [-0.2, -0.15) is 10.2 Å². The molecule has 1 heterocycles. The fraction of sp³-hybridized carbons (Fsp3) is 0.115. The Kier molecular flexibility index (Phi) is 7.25. The number of amides is 1. The van der Waals surface area contributed by atoms with E-state index < -0.39 is 0 Å². The zero-order valence-electron chi connectivity index (χ0n) is 18.8. The number of nitrogens with zero attached hydrogens (tertiary/aromatic N) is 3. The number of hydrazone groups is 1. The maximum atomic E-state index is 12.4. The van der Waals surface area contributed by atoms with Crippen molar-refractivity contribution in [1.29, 1.82) is 0 Å². The highest BCUT2D eigenvalue weighted by Crippen LogP contribution is 2.24. The standard InChI is InChI=1S/C26H24ClN5O2/c1-32(2)21-12-10-18(11-13-21)16-28-31-26(33)25-15-24(29-30-25)19-7-5-8-22(14-19)34-17-20-6-3-4-9-23(20)27/h3-16H,17H2,1-2H3,(H,29,30)(H,31,33). The molecule has 0 saturated heterocycles. The van der Waals surface area contributed by atoms with Crippen molar-refractivity contribution in [2.24, 2.45) is 5.10 Å². The number of rotatable bonds is 8. The summed E-state index contributed by atoms with van der Waals surface area (Å²) >= 11 is 6.19. The van der Waals surface area contributed by atoms with Gasteiger partial charge in [0.25, 0.3) is 5.91 Å². The third kappa shape index (κ3) is 5.82. The van der Waals surface area contributed by atoms with Crippen molar-refractivity contribution in [3.63, 3.8) is 0 Å². The van der Waals surface area contributed by atoms with Gasteiger partial charge in [0.15, 0.2) is 0 Å². The summed E-state index contributed by atoms with van der Waals surface area (Å²) in [6, 6.07) is 24.5. The van der Waals surface area contributed by atoms with E-state index in [9.17, 15) is 4.79 Å². The second-order valence-corrected chi connectivity index (χ2v) is 8.17. The summed E-state index contributed by atoms with van der Waals surface area (Å²) in [7, 11) is 3.96. The van der Waals surface area contributed by atoms with E-state index in [0.29, 0.717) is 28.8 Å². The Bertz CT molecular complexity index is 1300. The molecule has 2 N–H and O–H groups in total. The van der Waals surface area contributed by atoms with Gasteiger partial charge in [0.2, 0.25) is 0 Å². The van der Waals surface area contributed by atoms with Crippen molar-refractivity contribution in [2.75, 3.05) is 19.0 Å². The first-order chi connectivity index (χ1) is 16.5. The van der Waals surface area contributed by atoms with E-state index in [1.807, 2.05) is 91.8 Å². The van der Waals surface area contributed by atoms with Crippen LogP contribution in [0.5, 0.6) is 5.75 Å². The predicted molar refractivity (Wildman–Crippen MR) is 136 cm³/mol.